The second-order valence-electron chi connectivity index (χ2n) is 5.51. The van der Waals surface area contributed by atoms with Gasteiger partial charge in [-0.1, -0.05) is 12.1 Å². The maximum Gasteiger partial charge on any atom is 0.235 e. The molecule has 0 N–H and O–H groups in total. The van der Waals surface area contributed by atoms with Crippen molar-refractivity contribution in [1.29, 1.82) is 0 Å². The molecule has 3 aromatic rings. The molecule has 0 saturated heterocycles. The maximum atomic E-state index is 12.9. The molecule has 0 spiro atoms. The predicted octanol–water partition coefficient (Wildman–Crippen LogP) is 2.75. The molecular weight excluding hydrogens is 404 g/mol. The number of carbonyl (C=O) groups excluding carboxylic acids is 1. The lowest BCUT2D eigenvalue weighted by Gasteiger charge is -2.17. The van der Waals surface area contributed by atoms with E-state index in [4.69, 9.17) is 13.9 Å². The highest BCUT2D eigenvalue weighted by molar-refractivity contribution is 9.10. The van der Waals surface area contributed by atoms with Crippen molar-refractivity contribution in [2.45, 2.75) is 13.0 Å². The first kappa shape index (κ1) is 18.0. The van der Waals surface area contributed by atoms with Gasteiger partial charge in [-0.15, -0.1) is 0 Å². The number of carbonyl (C=O) groups is 1. The van der Waals surface area contributed by atoms with Gasteiger partial charge in [-0.2, -0.15) is 0 Å². The van der Waals surface area contributed by atoms with E-state index in [1.54, 1.807) is 42.5 Å². The summed E-state index contributed by atoms with van der Waals surface area (Å²) < 4.78 is 17.1. The summed E-state index contributed by atoms with van der Waals surface area (Å²) in [5, 5.41) is 11.4. The van der Waals surface area contributed by atoms with E-state index in [1.807, 2.05) is 0 Å². The van der Waals surface area contributed by atoms with Crippen LogP contribution in [0.5, 0.6) is 11.5 Å². The monoisotopic (exact) mass is 417 g/mol. The van der Waals surface area contributed by atoms with Crippen molar-refractivity contribution in [3.8, 4) is 22.8 Å². The second kappa shape index (κ2) is 7.21. The van der Waals surface area contributed by atoms with Crippen LogP contribution in [0.2, 0.25) is 0 Å². The zero-order valence-electron chi connectivity index (χ0n) is 13.9. The van der Waals surface area contributed by atoms with Crippen LogP contribution in [-0.2, 0) is 4.79 Å². The van der Waals surface area contributed by atoms with Crippen LogP contribution in [-0.4, -0.2) is 19.2 Å². The Morgan fingerprint density at radius 2 is 1.96 bits per heavy atom. The minimum atomic E-state index is -1.43. The Balaban J connectivity index is 2.26. The SMILES string of the molecule is COc1ccc(-c2oc3ccccc3c(=O)c2OC(C)C(=O)[O-])cc1Br. The van der Waals surface area contributed by atoms with Crippen molar-refractivity contribution in [1.82, 2.24) is 0 Å². The van der Waals surface area contributed by atoms with Crippen molar-refractivity contribution in [2.24, 2.45) is 0 Å². The zero-order chi connectivity index (χ0) is 18.8. The summed E-state index contributed by atoms with van der Waals surface area (Å²) >= 11 is 3.38. The Morgan fingerprint density at radius 3 is 2.62 bits per heavy atom. The number of rotatable bonds is 5. The van der Waals surface area contributed by atoms with Gasteiger partial charge in [0.25, 0.3) is 0 Å². The predicted molar refractivity (Wildman–Crippen MR) is 97.3 cm³/mol. The van der Waals surface area contributed by atoms with E-state index in [2.05, 4.69) is 15.9 Å². The number of halogens is 1. The van der Waals surface area contributed by atoms with Gasteiger partial charge in [0.1, 0.15) is 17.4 Å². The summed E-state index contributed by atoms with van der Waals surface area (Å²) in [6, 6.07) is 11.8. The quantitative estimate of drug-likeness (QED) is 0.633. The molecule has 0 aliphatic rings. The van der Waals surface area contributed by atoms with Gasteiger partial charge in [-0.3, -0.25) is 4.79 Å². The first-order chi connectivity index (χ1) is 12.4. The van der Waals surface area contributed by atoms with E-state index in [0.29, 0.717) is 26.8 Å². The first-order valence-electron chi connectivity index (χ1n) is 7.69. The van der Waals surface area contributed by atoms with Gasteiger partial charge in [0.15, 0.2) is 5.76 Å². The summed E-state index contributed by atoms with van der Waals surface area (Å²) in [5.41, 5.74) is 0.441. The van der Waals surface area contributed by atoms with Gasteiger partial charge in [0, 0.05) is 5.56 Å². The molecule has 0 aliphatic carbocycles. The fourth-order valence-electron chi connectivity index (χ4n) is 2.45. The molecule has 0 bridgehead atoms. The summed E-state index contributed by atoms with van der Waals surface area (Å²) in [6.45, 7) is 1.29. The van der Waals surface area contributed by atoms with E-state index in [1.165, 1.54) is 14.0 Å². The van der Waals surface area contributed by atoms with Crippen LogP contribution in [0.1, 0.15) is 6.92 Å². The largest absolute Gasteiger partial charge is 0.546 e. The zero-order valence-corrected chi connectivity index (χ0v) is 15.5. The van der Waals surface area contributed by atoms with Crippen LogP contribution in [0.4, 0.5) is 0 Å². The average molecular weight is 418 g/mol. The smallest absolute Gasteiger partial charge is 0.235 e. The average Bonchev–Trinajstić information content (AvgIpc) is 2.63. The lowest BCUT2D eigenvalue weighted by Crippen LogP contribution is -2.38. The highest BCUT2D eigenvalue weighted by atomic mass is 79.9. The van der Waals surface area contributed by atoms with Crippen molar-refractivity contribution in [3.05, 3.63) is 57.2 Å². The van der Waals surface area contributed by atoms with E-state index in [9.17, 15) is 14.7 Å². The minimum Gasteiger partial charge on any atom is -0.546 e. The molecule has 0 aliphatic heterocycles. The molecule has 2 aromatic carbocycles. The highest BCUT2D eigenvalue weighted by Gasteiger charge is 2.20. The van der Waals surface area contributed by atoms with Crippen LogP contribution in [0.25, 0.3) is 22.3 Å². The number of methoxy groups -OCH3 is 1. The third-order valence-electron chi connectivity index (χ3n) is 3.80. The van der Waals surface area contributed by atoms with Crippen molar-refractivity contribution >= 4 is 32.9 Å². The first-order valence-corrected chi connectivity index (χ1v) is 8.49. The minimum absolute atomic E-state index is 0.130. The molecule has 1 atom stereocenters. The molecule has 134 valence electrons. The molecule has 0 saturated carbocycles. The van der Waals surface area contributed by atoms with Gasteiger partial charge in [0.05, 0.1) is 22.9 Å². The lowest BCUT2D eigenvalue weighted by atomic mass is 10.1. The molecular formula is C19H14BrO6-. The van der Waals surface area contributed by atoms with Crippen LogP contribution in [0, 0.1) is 0 Å². The van der Waals surface area contributed by atoms with Crippen molar-refractivity contribution in [2.75, 3.05) is 7.11 Å². The summed E-state index contributed by atoms with van der Waals surface area (Å²) in [4.78, 5) is 23.9. The molecule has 3 rings (SSSR count). The molecule has 7 heteroatoms. The third kappa shape index (κ3) is 3.30. The van der Waals surface area contributed by atoms with Crippen molar-refractivity contribution < 1.29 is 23.8 Å². The molecule has 1 aromatic heterocycles. The third-order valence-corrected chi connectivity index (χ3v) is 4.42. The fourth-order valence-corrected chi connectivity index (χ4v) is 3.00. The normalized spacial score (nSPS) is 12.0. The Kier molecular flexibility index (Phi) is 4.99. The summed E-state index contributed by atoms with van der Waals surface area (Å²) in [5.74, 6) is -0.885. The van der Waals surface area contributed by atoms with Crippen LogP contribution < -0.4 is 20.0 Å². The Morgan fingerprint density at radius 1 is 1.23 bits per heavy atom. The number of benzene rings is 2. The molecule has 1 unspecified atom stereocenters. The number of fused-ring (bicyclic) bond motifs is 1. The van der Waals surface area contributed by atoms with E-state index in [-0.39, 0.29) is 11.5 Å². The molecule has 0 fully saturated rings. The molecule has 26 heavy (non-hydrogen) atoms. The van der Waals surface area contributed by atoms with Gasteiger partial charge >= 0.3 is 0 Å². The van der Waals surface area contributed by atoms with E-state index >= 15 is 0 Å². The van der Waals surface area contributed by atoms with Gasteiger partial charge in [-0.05, 0) is 53.2 Å². The number of ether oxygens (including phenoxy) is 2. The Bertz CT molecular complexity index is 1040. The number of aliphatic carboxylic acids is 1. The lowest BCUT2D eigenvalue weighted by molar-refractivity contribution is -0.312. The van der Waals surface area contributed by atoms with Crippen LogP contribution in [0.15, 0.2) is 56.1 Å². The topological polar surface area (TPSA) is 88.8 Å². The Labute approximate surface area is 157 Å². The standard InChI is InChI=1S/C19H15BrO6/c1-10(19(22)23)25-18-16(21)12-5-3-4-6-14(12)26-17(18)11-7-8-15(24-2)13(20)9-11/h3-10H,1-2H3,(H,22,23)/p-1. The number of hydrogen-bond acceptors (Lipinski definition) is 6. The summed E-state index contributed by atoms with van der Waals surface area (Å²) in [6.07, 6.45) is -1.32. The summed E-state index contributed by atoms with van der Waals surface area (Å²) in [7, 11) is 1.53. The van der Waals surface area contributed by atoms with Crippen LogP contribution in [0.3, 0.4) is 0 Å². The van der Waals surface area contributed by atoms with Crippen molar-refractivity contribution in [3.63, 3.8) is 0 Å². The number of carboxylic acid groups (broad SMARTS) is 1. The van der Waals surface area contributed by atoms with Gasteiger partial charge < -0.3 is 23.8 Å². The van der Waals surface area contributed by atoms with Crippen LogP contribution >= 0.6 is 15.9 Å². The van der Waals surface area contributed by atoms with Gasteiger partial charge in [-0.25, -0.2) is 0 Å². The highest BCUT2D eigenvalue weighted by Crippen LogP contribution is 2.35. The Hall–Kier alpha value is -2.80. The van der Waals surface area contributed by atoms with E-state index in [0.717, 1.165) is 0 Å². The molecule has 0 radical (unpaired) electrons. The van der Waals surface area contributed by atoms with E-state index < -0.39 is 17.5 Å². The molecule has 1 heterocycles. The van der Waals surface area contributed by atoms with Gasteiger partial charge in [0.2, 0.25) is 11.2 Å². The number of hydrogen-bond donors (Lipinski definition) is 0. The second-order valence-corrected chi connectivity index (χ2v) is 6.37. The molecule has 0 amide bonds. The molecule has 6 nitrogen and oxygen atoms in total. The number of para-hydroxylation sites is 1. The number of carboxylic acids is 1. The maximum absolute atomic E-state index is 12.9. The fraction of sp³-hybridized carbons (Fsp3) is 0.158.